The van der Waals surface area contributed by atoms with Gasteiger partial charge in [-0.05, 0) is 17.0 Å². The molecule has 0 aliphatic rings. The van der Waals surface area contributed by atoms with Crippen LogP contribution in [0.3, 0.4) is 0 Å². The lowest BCUT2D eigenvalue weighted by atomic mass is 9.80. The summed E-state index contributed by atoms with van der Waals surface area (Å²) < 4.78 is 5.57. The number of benzene rings is 2. The normalized spacial score (nSPS) is 14.2. The lowest BCUT2D eigenvalue weighted by Crippen LogP contribution is -2.53. The number of carbonyl (C=O) groups is 2. The molecule has 2 aromatic rings. The number of nitrogens with zero attached hydrogens (tertiary/aromatic N) is 1. The maximum Gasteiger partial charge on any atom is 0.303 e. The monoisotopic (exact) mass is 383 g/mol. The minimum Gasteiger partial charge on any atom is -0.454 e. The highest BCUT2D eigenvalue weighted by atomic mass is 16.6. The van der Waals surface area contributed by atoms with E-state index in [1.54, 1.807) is 4.90 Å². The summed E-state index contributed by atoms with van der Waals surface area (Å²) in [7, 11) is 0. The Labute approximate surface area is 166 Å². The second kappa shape index (κ2) is 9.51. The predicted molar refractivity (Wildman–Crippen MR) is 108 cm³/mol. The van der Waals surface area contributed by atoms with E-state index in [0.29, 0.717) is 12.1 Å². The highest BCUT2D eigenvalue weighted by Gasteiger charge is 2.45. The maximum absolute atomic E-state index is 12.3. The third kappa shape index (κ3) is 5.42. The van der Waals surface area contributed by atoms with E-state index in [2.05, 4.69) is 0 Å². The van der Waals surface area contributed by atoms with E-state index in [1.807, 2.05) is 74.5 Å². The fourth-order valence-electron chi connectivity index (χ4n) is 3.21. The van der Waals surface area contributed by atoms with Crippen LogP contribution in [0.4, 0.5) is 0 Å². The topological polar surface area (TPSA) is 66.8 Å². The number of rotatable bonds is 8. The summed E-state index contributed by atoms with van der Waals surface area (Å²) in [6, 6.07) is 18.8. The first kappa shape index (κ1) is 21.6. The van der Waals surface area contributed by atoms with Crippen molar-refractivity contribution in [3.63, 3.8) is 0 Å². The van der Waals surface area contributed by atoms with Crippen LogP contribution in [0.2, 0.25) is 0 Å². The van der Waals surface area contributed by atoms with Gasteiger partial charge in [0.05, 0.1) is 6.54 Å². The zero-order valence-corrected chi connectivity index (χ0v) is 17.0. The molecule has 0 aliphatic carbocycles. The Hall–Kier alpha value is -2.66. The van der Waals surface area contributed by atoms with Gasteiger partial charge in [-0.3, -0.25) is 9.59 Å². The molecule has 5 heteroatoms. The molecule has 0 spiro atoms. The molecule has 1 amide bonds. The molecule has 1 N–H and O–H groups in total. The summed E-state index contributed by atoms with van der Waals surface area (Å²) in [6.07, 6.45) is -0.885. The molecule has 150 valence electrons. The summed E-state index contributed by atoms with van der Waals surface area (Å²) >= 11 is 0. The van der Waals surface area contributed by atoms with Gasteiger partial charge in [0.2, 0.25) is 5.91 Å². The van der Waals surface area contributed by atoms with E-state index in [0.717, 1.165) is 5.56 Å². The number of hydrogen-bond donors (Lipinski definition) is 1. The quantitative estimate of drug-likeness (QED) is 0.706. The van der Waals surface area contributed by atoms with Gasteiger partial charge in [-0.2, -0.15) is 0 Å². The van der Waals surface area contributed by atoms with Crippen molar-refractivity contribution in [2.45, 2.75) is 45.9 Å². The van der Waals surface area contributed by atoms with Crippen molar-refractivity contribution in [1.29, 1.82) is 0 Å². The first-order valence-corrected chi connectivity index (χ1v) is 9.48. The van der Waals surface area contributed by atoms with Crippen molar-refractivity contribution < 1.29 is 19.4 Å². The lowest BCUT2D eigenvalue weighted by Gasteiger charge is -2.42. The summed E-state index contributed by atoms with van der Waals surface area (Å²) in [5.74, 6) is -0.905. The smallest absolute Gasteiger partial charge is 0.303 e. The van der Waals surface area contributed by atoms with E-state index < -0.39 is 17.7 Å². The average Bonchev–Trinajstić information content (AvgIpc) is 2.66. The molecule has 0 fully saturated rings. The standard InChI is InChI=1S/C23H29NO4/c1-17(2)23(27,22(28-19(4)26)21-13-9-6-10-14-21)16-24(18(3)25)15-20-11-7-5-8-12-20/h5-14,17,22,27H,15-16H2,1-4H3/t22-,23+/m1/s1. The fraction of sp³-hybridized carbons (Fsp3) is 0.391. The van der Waals surface area contributed by atoms with Crippen molar-refractivity contribution in [3.8, 4) is 0 Å². The molecule has 0 heterocycles. The Morgan fingerprint density at radius 1 is 1.00 bits per heavy atom. The number of esters is 1. The molecule has 0 saturated carbocycles. The fourth-order valence-corrected chi connectivity index (χ4v) is 3.21. The van der Waals surface area contributed by atoms with E-state index in [-0.39, 0.29) is 18.4 Å². The number of hydrogen-bond acceptors (Lipinski definition) is 4. The van der Waals surface area contributed by atoms with Gasteiger partial charge in [0.25, 0.3) is 0 Å². The molecule has 5 nitrogen and oxygen atoms in total. The molecule has 2 atom stereocenters. The van der Waals surface area contributed by atoms with Gasteiger partial charge in [0, 0.05) is 20.4 Å². The molecule has 0 bridgehead atoms. The van der Waals surface area contributed by atoms with Crippen LogP contribution in [0.5, 0.6) is 0 Å². The molecular weight excluding hydrogens is 354 g/mol. The van der Waals surface area contributed by atoms with Gasteiger partial charge in [-0.25, -0.2) is 0 Å². The van der Waals surface area contributed by atoms with Crippen LogP contribution in [0, 0.1) is 5.92 Å². The molecule has 2 aromatic carbocycles. The Morgan fingerprint density at radius 2 is 1.54 bits per heavy atom. The molecule has 28 heavy (non-hydrogen) atoms. The van der Waals surface area contributed by atoms with E-state index in [1.165, 1.54) is 13.8 Å². The number of carbonyl (C=O) groups excluding carboxylic acids is 2. The summed E-state index contributed by atoms with van der Waals surface area (Å²) in [5.41, 5.74) is 0.206. The Morgan fingerprint density at radius 3 is 2.00 bits per heavy atom. The number of amides is 1. The van der Waals surface area contributed by atoms with Gasteiger partial charge in [-0.15, -0.1) is 0 Å². The van der Waals surface area contributed by atoms with E-state index in [9.17, 15) is 14.7 Å². The second-order valence-corrected chi connectivity index (χ2v) is 7.41. The summed E-state index contributed by atoms with van der Waals surface area (Å²) in [4.78, 5) is 25.7. The molecular formula is C23H29NO4. The Balaban J connectivity index is 2.39. The maximum atomic E-state index is 12.3. The van der Waals surface area contributed by atoms with E-state index in [4.69, 9.17) is 4.74 Å². The summed E-state index contributed by atoms with van der Waals surface area (Å²) in [6.45, 7) is 6.94. The van der Waals surface area contributed by atoms with Crippen molar-refractivity contribution in [3.05, 3.63) is 71.8 Å². The molecule has 0 aliphatic heterocycles. The predicted octanol–water partition coefficient (Wildman–Crippen LogP) is 3.73. The Bertz CT molecular complexity index is 776. The minimum absolute atomic E-state index is 0.0434. The van der Waals surface area contributed by atoms with Crippen LogP contribution in [0.25, 0.3) is 0 Å². The van der Waals surface area contributed by atoms with Crippen LogP contribution >= 0.6 is 0 Å². The zero-order valence-electron chi connectivity index (χ0n) is 17.0. The molecule has 0 aromatic heterocycles. The molecule has 0 unspecified atom stereocenters. The van der Waals surface area contributed by atoms with Crippen molar-refractivity contribution >= 4 is 11.9 Å². The molecule has 0 radical (unpaired) electrons. The molecule has 0 saturated heterocycles. The van der Waals surface area contributed by atoms with Crippen LogP contribution in [-0.4, -0.2) is 34.0 Å². The first-order valence-electron chi connectivity index (χ1n) is 9.48. The van der Waals surface area contributed by atoms with Crippen LogP contribution < -0.4 is 0 Å². The zero-order chi connectivity index (χ0) is 20.7. The molecule has 2 rings (SSSR count). The van der Waals surface area contributed by atoms with Gasteiger partial charge < -0.3 is 14.7 Å². The summed E-state index contributed by atoms with van der Waals surface area (Å²) in [5, 5.41) is 11.7. The SMILES string of the molecule is CC(=O)O[C@H](c1ccccc1)[C@](O)(CN(Cc1ccccc1)C(C)=O)C(C)C. The van der Waals surface area contributed by atoms with Gasteiger partial charge in [0.1, 0.15) is 5.60 Å². The average molecular weight is 383 g/mol. The largest absolute Gasteiger partial charge is 0.454 e. The minimum atomic E-state index is -1.45. The van der Waals surface area contributed by atoms with E-state index >= 15 is 0 Å². The van der Waals surface area contributed by atoms with Crippen molar-refractivity contribution in [2.24, 2.45) is 5.92 Å². The van der Waals surface area contributed by atoms with Gasteiger partial charge >= 0.3 is 5.97 Å². The van der Waals surface area contributed by atoms with Crippen LogP contribution in [-0.2, 0) is 20.9 Å². The van der Waals surface area contributed by atoms with Gasteiger partial charge in [0.15, 0.2) is 6.10 Å². The highest BCUT2D eigenvalue weighted by molar-refractivity contribution is 5.73. The van der Waals surface area contributed by atoms with Gasteiger partial charge in [-0.1, -0.05) is 74.5 Å². The highest BCUT2D eigenvalue weighted by Crippen LogP contribution is 2.37. The Kier molecular flexibility index (Phi) is 7.35. The van der Waals surface area contributed by atoms with Crippen molar-refractivity contribution in [2.75, 3.05) is 6.54 Å². The second-order valence-electron chi connectivity index (χ2n) is 7.41. The third-order valence-corrected chi connectivity index (χ3v) is 4.95. The van der Waals surface area contributed by atoms with Crippen molar-refractivity contribution in [1.82, 2.24) is 4.90 Å². The number of aliphatic hydroxyl groups is 1. The lowest BCUT2D eigenvalue weighted by molar-refractivity contribution is -0.177. The van der Waals surface area contributed by atoms with Crippen LogP contribution in [0.1, 0.15) is 44.9 Å². The number of ether oxygens (including phenoxy) is 1. The third-order valence-electron chi connectivity index (χ3n) is 4.95. The first-order chi connectivity index (χ1) is 13.2. The van der Waals surface area contributed by atoms with Crippen LogP contribution in [0.15, 0.2) is 60.7 Å².